The first-order valence-corrected chi connectivity index (χ1v) is 11.7. The van der Waals surface area contributed by atoms with E-state index in [1.807, 2.05) is 0 Å². The Kier molecular flexibility index (Phi) is 12.1. The van der Waals surface area contributed by atoms with Crippen molar-refractivity contribution in [2.75, 3.05) is 13.7 Å². The average molecular weight is 571 g/mol. The number of nitrogens with zero attached hydrogens (tertiary/aromatic N) is 2. The standard InChI is InChI=1S/C19H27F2N3O4.C7H7F2N3/c1-18(2,3)28-17(26)24-15(19(4,5)27-6)14(25)10-23-16(22)12-9-11(20)7-8-13(12)21;8-4-1-2-6(9)5(3-4)7(10)12-11/h7-9,15H,10H2,1-6H3,(H2,22,23)(H,24,26);1-3H,11H2,(H2,10,12)/t15-;/m0./s1. The van der Waals surface area contributed by atoms with E-state index in [1.54, 1.807) is 34.6 Å². The lowest BCUT2D eigenvalue weighted by atomic mass is 9.94. The predicted octanol–water partition coefficient (Wildman–Crippen LogP) is 3.10. The Balaban J connectivity index is 0.000000552. The van der Waals surface area contributed by atoms with Gasteiger partial charge in [-0.1, -0.05) is 0 Å². The summed E-state index contributed by atoms with van der Waals surface area (Å²) in [5.74, 6) is 0.995. The fourth-order valence-electron chi connectivity index (χ4n) is 2.98. The number of ether oxygens (including phenoxy) is 2. The van der Waals surface area contributed by atoms with Crippen molar-refractivity contribution in [3.63, 3.8) is 0 Å². The predicted molar refractivity (Wildman–Crippen MR) is 142 cm³/mol. The number of halogens is 4. The van der Waals surface area contributed by atoms with E-state index in [2.05, 4.69) is 15.4 Å². The molecule has 0 saturated carbocycles. The molecule has 40 heavy (non-hydrogen) atoms. The molecule has 2 rings (SSSR count). The van der Waals surface area contributed by atoms with Crippen LogP contribution in [0.4, 0.5) is 22.4 Å². The maximum Gasteiger partial charge on any atom is 0.408 e. The van der Waals surface area contributed by atoms with Crippen LogP contribution in [0.5, 0.6) is 0 Å². The van der Waals surface area contributed by atoms with Crippen molar-refractivity contribution in [3.8, 4) is 0 Å². The topological polar surface area (TPSA) is 167 Å². The van der Waals surface area contributed by atoms with Gasteiger partial charge in [-0.15, -0.1) is 0 Å². The number of carbonyl (C=O) groups is 2. The van der Waals surface area contributed by atoms with Crippen molar-refractivity contribution in [2.24, 2.45) is 27.4 Å². The second-order valence-electron chi connectivity index (χ2n) is 9.82. The lowest BCUT2D eigenvalue weighted by Crippen LogP contribution is -2.56. The smallest absolute Gasteiger partial charge is 0.408 e. The second kappa shape index (κ2) is 14.3. The maximum absolute atomic E-state index is 13.8. The van der Waals surface area contributed by atoms with Gasteiger partial charge in [0.25, 0.3) is 0 Å². The van der Waals surface area contributed by atoms with E-state index < -0.39 is 58.9 Å². The van der Waals surface area contributed by atoms with E-state index in [1.165, 1.54) is 7.11 Å². The summed E-state index contributed by atoms with van der Waals surface area (Å²) in [5, 5.41) is 5.52. The monoisotopic (exact) mass is 570 g/mol. The SMILES string of the molecule is COC(C)(C)[C@@H](NC(=O)OC(C)(C)C)C(=O)CN=C(N)c1cc(F)ccc1F.NN=C(N)c1cc(F)ccc1F. The maximum atomic E-state index is 13.8. The molecule has 14 heteroatoms. The molecule has 0 aromatic heterocycles. The van der Waals surface area contributed by atoms with Crippen molar-refractivity contribution in [1.29, 1.82) is 0 Å². The van der Waals surface area contributed by atoms with E-state index in [4.69, 9.17) is 26.8 Å². The van der Waals surface area contributed by atoms with Gasteiger partial charge in [-0.05, 0) is 71.0 Å². The summed E-state index contributed by atoms with van der Waals surface area (Å²) in [7, 11) is 1.39. The molecule has 0 aliphatic heterocycles. The number of hydrogen-bond acceptors (Lipinski definition) is 7. The first-order chi connectivity index (χ1) is 18.4. The van der Waals surface area contributed by atoms with Crippen LogP contribution in [0.2, 0.25) is 0 Å². The Bertz CT molecular complexity index is 1260. The van der Waals surface area contributed by atoms with Gasteiger partial charge in [-0.3, -0.25) is 9.79 Å². The minimum Gasteiger partial charge on any atom is -0.444 e. The number of alkyl carbamates (subject to hydrolysis) is 1. The zero-order valence-corrected chi connectivity index (χ0v) is 23.0. The zero-order valence-electron chi connectivity index (χ0n) is 23.0. The number of Topliss-reactive ketones (excluding diaryl/α,β-unsaturated/α-hetero) is 1. The van der Waals surface area contributed by atoms with Crippen molar-refractivity contribution in [3.05, 3.63) is 70.8 Å². The van der Waals surface area contributed by atoms with Crippen molar-refractivity contribution in [1.82, 2.24) is 5.32 Å². The van der Waals surface area contributed by atoms with Crippen LogP contribution < -0.4 is 22.6 Å². The summed E-state index contributed by atoms with van der Waals surface area (Å²) in [5.41, 5.74) is 8.65. The Labute approximate surface area is 229 Å². The number of rotatable bonds is 8. The summed E-state index contributed by atoms with van der Waals surface area (Å²) < 4.78 is 62.9. The molecule has 0 fully saturated rings. The molecule has 1 amide bonds. The van der Waals surface area contributed by atoms with Crippen molar-refractivity contribution in [2.45, 2.75) is 51.9 Å². The van der Waals surface area contributed by atoms with Gasteiger partial charge in [-0.2, -0.15) is 5.10 Å². The molecular formula is C26H34F4N6O4. The van der Waals surface area contributed by atoms with Gasteiger partial charge in [0.15, 0.2) is 11.6 Å². The van der Waals surface area contributed by atoms with Gasteiger partial charge in [0.2, 0.25) is 0 Å². The van der Waals surface area contributed by atoms with Gasteiger partial charge < -0.3 is 32.1 Å². The number of hydrogen-bond donors (Lipinski definition) is 4. The molecular weight excluding hydrogens is 536 g/mol. The van der Waals surface area contributed by atoms with Crippen LogP contribution in [-0.4, -0.2) is 54.4 Å². The first kappa shape index (κ1) is 33.8. The molecule has 2 aromatic carbocycles. The number of carbonyl (C=O) groups excluding carboxylic acids is 2. The summed E-state index contributed by atoms with van der Waals surface area (Å²) in [4.78, 5) is 28.6. The summed E-state index contributed by atoms with van der Waals surface area (Å²) in [6.45, 7) is 7.78. The fraction of sp³-hybridized carbons (Fsp3) is 0.385. The van der Waals surface area contributed by atoms with Gasteiger partial charge in [0, 0.05) is 7.11 Å². The third kappa shape index (κ3) is 10.5. The highest BCUT2D eigenvalue weighted by Crippen LogP contribution is 2.17. The number of amidine groups is 2. The Hall–Kier alpha value is -4.20. The highest BCUT2D eigenvalue weighted by Gasteiger charge is 2.37. The summed E-state index contributed by atoms with van der Waals surface area (Å²) in [6, 6.07) is 4.51. The number of benzene rings is 2. The number of amides is 1. The van der Waals surface area contributed by atoms with Crippen LogP contribution >= 0.6 is 0 Å². The van der Waals surface area contributed by atoms with Crippen LogP contribution in [0.25, 0.3) is 0 Å². The lowest BCUT2D eigenvalue weighted by molar-refractivity contribution is -0.126. The molecule has 7 N–H and O–H groups in total. The van der Waals surface area contributed by atoms with Gasteiger partial charge in [0.1, 0.15) is 47.3 Å². The molecule has 0 heterocycles. The molecule has 10 nitrogen and oxygen atoms in total. The highest BCUT2D eigenvalue weighted by atomic mass is 19.1. The lowest BCUT2D eigenvalue weighted by Gasteiger charge is -2.33. The molecule has 1 atom stereocenters. The molecule has 0 bridgehead atoms. The van der Waals surface area contributed by atoms with E-state index in [9.17, 15) is 27.2 Å². The largest absolute Gasteiger partial charge is 0.444 e. The summed E-state index contributed by atoms with van der Waals surface area (Å²) in [6.07, 6.45) is -0.802. The number of nitrogens with two attached hydrogens (primary N) is 3. The first-order valence-electron chi connectivity index (χ1n) is 11.7. The Morgan fingerprint density at radius 1 is 0.900 bits per heavy atom. The number of nitrogens with one attached hydrogen (secondary N) is 1. The normalized spacial score (nSPS) is 13.2. The van der Waals surface area contributed by atoms with Gasteiger partial charge in [-0.25, -0.2) is 22.4 Å². The summed E-state index contributed by atoms with van der Waals surface area (Å²) >= 11 is 0. The number of methoxy groups -OCH3 is 1. The molecule has 0 spiro atoms. The van der Waals surface area contributed by atoms with Crippen LogP contribution in [0.15, 0.2) is 46.5 Å². The zero-order chi connectivity index (χ0) is 30.8. The molecule has 2 aromatic rings. The van der Waals surface area contributed by atoms with E-state index in [0.717, 1.165) is 36.4 Å². The van der Waals surface area contributed by atoms with Crippen LogP contribution in [0.1, 0.15) is 45.7 Å². The molecule has 0 saturated heterocycles. The molecule has 0 unspecified atom stereocenters. The molecule has 0 aliphatic rings. The minimum atomic E-state index is -1.11. The van der Waals surface area contributed by atoms with Crippen molar-refractivity contribution >= 4 is 23.5 Å². The van der Waals surface area contributed by atoms with Crippen molar-refractivity contribution < 1.29 is 36.6 Å². The van der Waals surface area contributed by atoms with E-state index in [0.29, 0.717) is 0 Å². The number of ketones is 1. The number of hydrazone groups is 1. The van der Waals surface area contributed by atoms with Gasteiger partial charge >= 0.3 is 6.09 Å². The third-order valence-corrected chi connectivity index (χ3v) is 5.16. The third-order valence-electron chi connectivity index (χ3n) is 5.16. The van der Waals surface area contributed by atoms with Crippen LogP contribution in [-0.2, 0) is 14.3 Å². The Morgan fingerprint density at radius 2 is 1.38 bits per heavy atom. The fourth-order valence-corrected chi connectivity index (χ4v) is 2.98. The minimum absolute atomic E-state index is 0.127. The Morgan fingerprint density at radius 3 is 1.80 bits per heavy atom. The van der Waals surface area contributed by atoms with E-state index >= 15 is 0 Å². The van der Waals surface area contributed by atoms with E-state index in [-0.39, 0.29) is 22.8 Å². The second-order valence-corrected chi connectivity index (χ2v) is 9.82. The highest BCUT2D eigenvalue weighted by molar-refractivity contribution is 6.00. The van der Waals surface area contributed by atoms with Gasteiger partial charge in [0.05, 0.1) is 16.7 Å². The quantitative estimate of drug-likeness (QED) is 0.124. The van der Waals surface area contributed by atoms with Crippen LogP contribution in [0, 0.1) is 23.3 Å². The van der Waals surface area contributed by atoms with Crippen LogP contribution in [0.3, 0.4) is 0 Å². The average Bonchev–Trinajstić information content (AvgIpc) is 2.87. The number of aliphatic imine (C=N–C) groups is 1. The molecule has 220 valence electrons. The molecule has 0 radical (unpaired) electrons. The molecule has 0 aliphatic carbocycles.